The van der Waals surface area contributed by atoms with Gasteiger partial charge in [-0.1, -0.05) is 6.07 Å². The Kier molecular flexibility index (Phi) is 4.58. The molecular weight excluding hydrogens is 204 g/mol. The van der Waals surface area contributed by atoms with Crippen LogP contribution in [0, 0.1) is 0 Å². The number of hydrogen-bond acceptors (Lipinski definition) is 3. The minimum Gasteiger partial charge on any atom is -0.465 e. The highest BCUT2D eigenvalue weighted by Gasteiger charge is 2.06. The molecule has 0 aliphatic carbocycles. The molecule has 0 fully saturated rings. The summed E-state index contributed by atoms with van der Waals surface area (Å²) >= 11 is 0. The summed E-state index contributed by atoms with van der Waals surface area (Å²) in [4.78, 5) is 11.4. The van der Waals surface area contributed by atoms with Crippen LogP contribution in [-0.2, 0) is 4.74 Å². The standard InChI is InChI=1S/C13H16O3/c1-4-15-13(14)11-6-5-7-12(8-11)16-9-10(2)3/h5-9H,4H2,1-3H3. The lowest BCUT2D eigenvalue weighted by Crippen LogP contribution is -2.04. The molecule has 0 unspecified atom stereocenters. The first-order valence-electron chi connectivity index (χ1n) is 5.20. The summed E-state index contributed by atoms with van der Waals surface area (Å²) in [6.07, 6.45) is 1.64. The van der Waals surface area contributed by atoms with Crippen LogP contribution in [0.1, 0.15) is 31.1 Å². The van der Waals surface area contributed by atoms with Crippen molar-refractivity contribution in [1.82, 2.24) is 0 Å². The van der Waals surface area contributed by atoms with Gasteiger partial charge in [0.15, 0.2) is 0 Å². The summed E-state index contributed by atoms with van der Waals surface area (Å²) in [5.74, 6) is 0.303. The first-order valence-corrected chi connectivity index (χ1v) is 5.20. The van der Waals surface area contributed by atoms with Crippen molar-refractivity contribution in [2.24, 2.45) is 0 Å². The second-order valence-electron chi connectivity index (χ2n) is 3.56. The molecule has 86 valence electrons. The molecule has 0 saturated heterocycles. The average molecular weight is 220 g/mol. The van der Waals surface area contributed by atoms with Crippen molar-refractivity contribution in [3.05, 3.63) is 41.7 Å². The number of benzene rings is 1. The minimum absolute atomic E-state index is 0.329. The number of carbonyl (C=O) groups is 1. The summed E-state index contributed by atoms with van der Waals surface area (Å²) in [5.41, 5.74) is 1.56. The van der Waals surface area contributed by atoms with E-state index >= 15 is 0 Å². The van der Waals surface area contributed by atoms with Crippen molar-refractivity contribution < 1.29 is 14.3 Å². The fourth-order valence-corrected chi connectivity index (χ4v) is 1.10. The van der Waals surface area contributed by atoms with Crippen LogP contribution in [0.2, 0.25) is 0 Å². The summed E-state index contributed by atoms with van der Waals surface area (Å²) in [6, 6.07) is 6.92. The third kappa shape index (κ3) is 3.77. The van der Waals surface area contributed by atoms with E-state index in [-0.39, 0.29) is 5.97 Å². The number of carbonyl (C=O) groups excluding carboxylic acids is 1. The van der Waals surface area contributed by atoms with Gasteiger partial charge in [-0.15, -0.1) is 0 Å². The van der Waals surface area contributed by atoms with Gasteiger partial charge in [0.1, 0.15) is 5.75 Å². The maximum absolute atomic E-state index is 11.4. The fraction of sp³-hybridized carbons (Fsp3) is 0.308. The maximum Gasteiger partial charge on any atom is 0.338 e. The molecule has 3 nitrogen and oxygen atoms in total. The second kappa shape index (κ2) is 5.95. The van der Waals surface area contributed by atoms with Crippen molar-refractivity contribution in [3.8, 4) is 5.75 Å². The van der Waals surface area contributed by atoms with E-state index in [9.17, 15) is 4.79 Å². The summed E-state index contributed by atoms with van der Waals surface area (Å²) in [7, 11) is 0. The third-order valence-corrected chi connectivity index (χ3v) is 1.78. The molecule has 1 aromatic carbocycles. The first-order chi connectivity index (χ1) is 7.63. The molecule has 0 radical (unpaired) electrons. The molecule has 1 aromatic rings. The van der Waals surface area contributed by atoms with Crippen LogP contribution >= 0.6 is 0 Å². The third-order valence-electron chi connectivity index (χ3n) is 1.78. The molecule has 0 N–H and O–H groups in total. The number of allylic oxidation sites excluding steroid dienone is 1. The van der Waals surface area contributed by atoms with E-state index in [1.807, 2.05) is 13.8 Å². The Morgan fingerprint density at radius 1 is 1.38 bits per heavy atom. The Morgan fingerprint density at radius 2 is 2.12 bits per heavy atom. The number of esters is 1. The topological polar surface area (TPSA) is 35.5 Å². The van der Waals surface area contributed by atoms with Crippen LogP contribution in [0.25, 0.3) is 0 Å². The molecule has 0 spiro atoms. The SMILES string of the molecule is CCOC(=O)c1cccc(OC=C(C)C)c1. The van der Waals surface area contributed by atoms with Crippen LogP contribution in [0.3, 0.4) is 0 Å². The van der Waals surface area contributed by atoms with Crippen LogP contribution < -0.4 is 4.74 Å². The highest BCUT2D eigenvalue weighted by molar-refractivity contribution is 5.89. The highest BCUT2D eigenvalue weighted by atomic mass is 16.5. The number of rotatable bonds is 4. The van der Waals surface area contributed by atoms with E-state index in [0.29, 0.717) is 17.9 Å². The Morgan fingerprint density at radius 3 is 2.75 bits per heavy atom. The number of ether oxygens (including phenoxy) is 2. The van der Waals surface area contributed by atoms with E-state index < -0.39 is 0 Å². The summed E-state index contributed by atoms with van der Waals surface area (Å²) < 4.78 is 10.3. The summed E-state index contributed by atoms with van der Waals surface area (Å²) in [6.45, 7) is 6.03. The quantitative estimate of drug-likeness (QED) is 0.577. The molecule has 16 heavy (non-hydrogen) atoms. The van der Waals surface area contributed by atoms with Gasteiger partial charge in [0, 0.05) is 0 Å². The van der Waals surface area contributed by atoms with Gasteiger partial charge in [-0.3, -0.25) is 0 Å². The molecule has 0 atom stereocenters. The summed E-state index contributed by atoms with van der Waals surface area (Å²) in [5, 5.41) is 0. The van der Waals surface area contributed by atoms with Crippen molar-refractivity contribution in [1.29, 1.82) is 0 Å². The Balaban J connectivity index is 2.78. The molecule has 0 heterocycles. The van der Waals surface area contributed by atoms with Crippen molar-refractivity contribution in [2.45, 2.75) is 20.8 Å². The largest absolute Gasteiger partial charge is 0.465 e. The van der Waals surface area contributed by atoms with Gasteiger partial charge in [-0.25, -0.2) is 4.79 Å². The van der Waals surface area contributed by atoms with E-state index in [2.05, 4.69) is 0 Å². The lowest BCUT2D eigenvalue weighted by molar-refractivity contribution is 0.0526. The second-order valence-corrected chi connectivity index (χ2v) is 3.56. The lowest BCUT2D eigenvalue weighted by atomic mass is 10.2. The van der Waals surface area contributed by atoms with E-state index in [1.165, 1.54) is 0 Å². The van der Waals surface area contributed by atoms with Crippen molar-refractivity contribution in [2.75, 3.05) is 6.61 Å². The predicted molar refractivity (Wildman–Crippen MR) is 62.5 cm³/mol. The Labute approximate surface area is 95.7 Å². The Bertz CT molecular complexity index is 390. The average Bonchev–Trinajstić information content (AvgIpc) is 2.27. The van der Waals surface area contributed by atoms with E-state index in [1.54, 1.807) is 37.5 Å². The van der Waals surface area contributed by atoms with Gasteiger partial charge in [-0.05, 0) is 44.5 Å². The van der Waals surface area contributed by atoms with Crippen molar-refractivity contribution in [3.63, 3.8) is 0 Å². The zero-order valence-electron chi connectivity index (χ0n) is 9.82. The molecule has 0 bridgehead atoms. The van der Waals surface area contributed by atoms with Crippen LogP contribution in [0.4, 0.5) is 0 Å². The van der Waals surface area contributed by atoms with Crippen LogP contribution in [0.5, 0.6) is 5.75 Å². The lowest BCUT2D eigenvalue weighted by Gasteiger charge is -2.04. The van der Waals surface area contributed by atoms with Gasteiger partial charge in [0.2, 0.25) is 0 Å². The monoisotopic (exact) mass is 220 g/mol. The maximum atomic E-state index is 11.4. The van der Waals surface area contributed by atoms with Crippen molar-refractivity contribution >= 4 is 5.97 Å². The molecule has 0 aliphatic rings. The predicted octanol–water partition coefficient (Wildman–Crippen LogP) is 3.17. The molecule has 1 rings (SSSR count). The van der Waals surface area contributed by atoms with E-state index in [0.717, 1.165) is 5.57 Å². The van der Waals surface area contributed by atoms with Gasteiger partial charge < -0.3 is 9.47 Å². The Hall–Kier alpha value is -1.77. The normalized spacial score (nSPS) is 9.44. The van der Waals surface area contributed by atoms with E-state index in [4.69, 9.17) is 9.47 Å². The van der Waals surface area contributed by atoms with Gasteiger partial charge in [0.05, 0.1) is 18.4 Å². The smallest absolute Gasteiger partial charge is 0.338 e. The molecule has 0 amide bonds. The van der Waals surface area contributed by atoms with Gasteiger partial charge >= 0.3 is 5.97 Å². The molecule has 0 aliphatic heterocycles. The van der Waals surface area contributed by atoms with Crippen LogP contribution in [0.15, 0.2) is 36.1 Å². The van der Waals surface area contributed by atoms with Gasteiger partial charge in [-0.2, -0.15) is 0 Å². The molecule has 3 heteroatoms. The molecule has 0 aromatic heterocycles. The van der Waals surface area contributed by atoms with Crippen LogP contribution in [-0.4, -0.2) is 12.6 Å². The number of hydrogen-bond donors (Lipinski definition) is 0. The first kappa shape index (κ1) is 12.3. The zero-order chi connectivity index (χ0) is 12.0. The molecular formula is C13H16O3. The minimum atomic E-state index is -0.329. The van der Waals surface area contributed by atoms with Gasteiger partial charge in [0.25, 0.3) is 0 Å². The zero-order valence-corrected chi connectivity index (χ0v) is 9.82. The fourth-order valence-electron chi connectivity index (χ4n) is 1.10. The highest BCUT2D eigenvalue weighted by Crippen LogP contribution is 2.14. The molecule has 0 saturated carbocycles.